The first-order valence-corrected chi connectivity index (χ1v) is 10.4. The second-order valence-corrected chi connectivity index (χ2v) is 7.93. The molecule has 0 amide bonds. The summed E-state index contributed by atoms with van der Waals surface area (Å²) >= 11 is 12.7. The Morgan fingerprint density at radius 2 is 1.48 bits per heavy atom. The zero-order chi connectivity index (χ0) is 22.4. The lowest BCUT2D eigenvalue weighted by atomic mass is 9.97. The Kier molecular flexibility index (Phi) is 7.61. The van der Waals surface area contributed by atoms with Gasteiger partial charge in [-0.3, -0.25) is 0 Å². The van der Waals surface area contributed by atoms with Gasteiger partial charge in [0.15, 0.2) is 5.75 Å². The Morgan fingerprint density at radius 3 is 2.10 bits per heavy atom. The molecule has 0 aliphatic rings. The number of carbonyl (C=O) groups is 1. The highest BCUT2D eigenvalue weighted by Gasteiger charge is 2.17. The monoisotopic (exact) mass is 456 g/mol. The summed E-state index contributed by atoms with van der Waals surface area (Å²) in [7, 11) is 0. The number of hydrogen-bond acceptors (Lipinski definition) is 3. The van der Waals surface area contributed by atoms with Crippen molar-refractivity contribution < 1.29 is 19.4 Å². The van der Waals surface area contributed by atoms with E-state index in [9.17, 15) is 9.90 Å². The second-order valence-electron chi connectivity index (χ2n) is 7.12. The number of hydrogen-bond donors (Lipinski definition) is 1. The molecule has 6 heteroatoms. The minimum Gasteiger partial charge on any atom is -0.489 e. The zero-order valence-electron chi connectivity index (χ0n) is 17.2. The van der Waals surface area contributed by atoms with Crippen LogP contribution in [0.1, 0.15) is 30.5 Å². The summed E-state index contributed by atoms with van der Waals surface area (Å²) in [5, 5.41) is 10.3. The van der Waals surface area contributed by atoms with Crippen LogP contribution in [0.15, 0.2) is 72.3 Å². The third-order valence-electron chi connectivity index (χ3n) is 4.59. The molecule has 3 rings (SSSR count). The van der Waals surface area contributed by atoms with Gasteiger partial charge in [0, 0.05) is 12.1 Å². The van der Waals surface area contributed by atoms with Gasteiger partial charge in [-0.2, -0.15) is 0 Å². The largest absolute Gasteiger partial charge is 0.489 e. The molecule has 3 aromatic carbocycles. The van der Waals surface area contributed by atoms with E-state index in [0.717, 1.165) is 11.1 Å². The topological polar surface area (TPSA) is 55.8 Å². The van der Waals surface area contributed by atoms with Crippen molar-refractivity contribution in [3.05, 3.63) is 99.0 Å². The molecule has 0 spiro atoms. The van der Waals surface area contributed by atoms with Crippen molar-refractivity contribution in [1.82, 2.24) is 0 Å². The van der Waals surface area contributed by atoms with Gasteiger partial charge in [-0.25, -0.2) is 4.79 Å². The number of benzene rings is 3. The van der Waals surface area contributed by atoms with Crippen LogP contribution in [0.4, 0.5) is 0 Å². The SMILES string of the molecule is CC(C)=C(C(=O)O)c1ccccc1COc1cc(Cl)c(OCc2ccccc2)c(Cl)c1. The first-order valence-electron chi connectivity index (χ1n) is 9.64. The van der Waals surface area contributed by atoms with Crippen LogP contribution in [0.25, 0.3) is 5.57 Å². The van der Waals surface area contributed by atoms with Gasteiger partial charge in [0.1, 0.15) is 19.0 Å². The molecule has 0 unspecified atom stereocenters. The van der Waals surface area contributed by atoms with Crippen LogP contribution in [-0.2, 0) is 18.0 Å². The van der Waals surface area contributed by atoms with E-state index < -0.39 is 5.97 Å². The van der Waals surface area contributed by atoms with Crippen LogP contribution >= 0.6 is 23.2 Å². The van der Waals surface area contributed by atoms with Gasteiger partial charge < -0.3 is 14.6 Å². The Labute approximate surface area is 191 Å². The molecule has 160 valence electrons. The lowest BCUT2D eigenvalue weighted by Crippen LogP contribution is -2.07. The molecule has 1 N–H and O–H groups in total. The minimum absolute atomic E-state index is 0.164. The molecule has 0 heterocycles. The van der Waals surface area contributed by atoms with Gasteiger partial charge in [-0.15, -0.1) is 0 Å². The molecule has 0 saturated heterocycles. The third kappa shape index (κ3) is 5.81. The van der Waals surface area contributed by atoms with E-state index in [0.29, 0.717) is 39.3 Å². The molecule has 0 aliphatic carbocycles. The molecule has 4 nitrogen and oxygen atoms in total. The lowest BCUT2D eigenvalue weighted by Gasteiger charge is -2.15. The van der Waals surface area contributed by atoms with Gasteiger partial charge in [0.2, 0.25) is 0 Å². The number of carboxylic acid groups (broad SMARTS) is 1. The number of aliphatic carboxylic acids is 1. The smallest absolute Gasteiger partial charge is 0.336 e. The lowest BCUT2D eigenvalue weighted by molar-refractivity contribution is -0.130. The highest BCUT2D eigenvalue weighted by molar-refractivity contribution is 6.37. The predicted octanol–water partition coefficient (Wildman–Crippen LogP) is 7.03. The Hall–Kier alpha value is -2.95. The number of halogens is 2. The van der Waals surface area contributed by atoms with E-state index in [1.54, 1.807) is 38.1 Å². The van der Waals surface area contributed by atoms with Crippen LogP contribution in [0.2, 0.25) is 10.0 Å². The highest BCUT2D eigenvalue weighted by Crippen LogP contribution is 2.38. The van der Waals surface area contributed by atoms with E-state index in [1.807, 2.05) is 42.5 Å². The summed E-state index contributed by atoms with van der Waals surface area (Å²) < 4.78 is 11.7. The van der Waals surface area contributed by atoms with Crippen molar-refractivity contribution in [1.29, 1.82) is 0 Å². The Bertz CT molecular complexity index is 1080. The summed E-state index contributed by atoms with van der Waals surface area (Å²) in [4.78, 5) is 11.7. The quantitative estimate of drug-likeness (QED) is 0.369. The molecule has 0 radical (unpaired) electrons. The van der Waals surface area contributed by atoms with Gasteiger partial charge in [0.05, 0.1) is 15.6 Å². The van der Waals surface area contributed by atoms with Crippen molar-refractivity contribution in [2.45, 2.75) is 27.1 Å². The maximum atomic E-state index is 11.7. The van der Waals surface area contributed by atoms with Gasteiger partial charge >= 0.3 is 5.97 Å². The van der Waals surface area contributed by atoms with Crippen LogP contribution in [0.5, 0.6) is 11.5 Å². The molecular formula is C25H22Cl2O4. The molecule has 3 aromatic rings. The third-order valence-corrected chi connectivity index (χ3v) is 5.15. The number of ether oxygens (including phenoxy) is 2. The summed E-state index contributed by atoms with van der Waals surface area (Å²) in [6, 6.07) is 20.2. The maximum absolute atomic E-state index is 11.7. The number of allylic oxidation sites excluding steroid dienone is 1. The highest BCUT2D eigenvalue weighted by atomic mass is 35.5. The van der Waals surface area contributed by atoms with E-state index in [-0.39, 0.29) is 12.2 Å². The maximum Gasteiger partial charge on any atom is 0.336 e. The fourth-order valence-corrected chi connectivity index (χ4v) is 3.71. The van der Waals surface area contributed by atoms with E-state index in [1.165, 1.54) is 0 Å². The van der Waals surface area contributed by atoms with Crippen LogP contribution in [0.3, 0.4) is 0 Å². The number of carboxylic acids is 1. The fourth-order valence-electron chi connectivity index (χ4n) is 3.14. The van der Waals surface area contributed by atoms with Gasteiger partial charge in [0.25, 0.3) is 0 Å². The zero-order valence-corrected chi connectivity index (χ0v) is 18.7. The molecule has 31 heavy (non-hydrogen) atoms. The standard InChI is InChI=1S/C25H22Cl2O4/c1-16(2)23(25(28)29)20-11-7-6-10-18(20)15-30-19-12-21(26)24(22(27)13-19)31-14-17-8-4-3-5-9-17/h3-13H,14-15H2,1-2H3,(H,28,29). The van der Waals surface area contributed by atoms with Gasteiger partial charge in [-0.05, 0) is 30.5 Å². The molecule has 0 fully saturated rings. The summed E-state index contributed by atoms with van der Waals surface area (Å²) in [5.41, 5.74) is 3.35. The van der Waals surface area contributed by atoms with E-state index in [2.05, 4.69) is 0 Å². The van der Waals surface area contributed by atoms with Crippen molar-refractivity contribution >= 4 is 34.7 Å². The minimum atomic E-state index is -0.974. The normalized spacial score (nSPS) is 10.5. The van der Waals surface area contributed by atoms with Crippen LogP contribution in [-0.4, -0.2) is 11.1 Å². The predicted molar refractivity (Wildman–Crippen MR) is 124 cm³/mol. The average molecular weight is 457 g/mol. The van der Waals surface area contributed by atoms with E-state index in [4.69, 9.17) is 32.7 Å². The van der Waals surface area contributed by atoms with Crippen molar-refractivity contribution in [2.75, 3.05) is 0 Å². The fraction of sp³-hybridized carbons (Fsp3) is 0.160. The summed E-state index contributed by atoms with van der Waals surface area (Å²) in [6.45, 7) is 4.05. The molecule has 0 saturated carbocycles. The summed E-state index contributed by atoms with van der Waals surface area (Å²) in [6.07, 6.45) is 0. The van der Waals surface area contributed by atoms with Crippen LogP contribution in [0, 0.1) is 0 Å². The van der Waals surface area contributed by atoms with E-state index >= 15 is 0 Å². The summed E-state index contributed by atoms with van der Waals surface area (Å²) in [5.74, 6) is -0.123. The number of rotatable bonds is 8. The molecule has 0 bridgehead atoms. The van der Waals surface area contributed by atoms with Gasteiger partial charge in [-0.1, -0.05) is 83.4 Å². The average Bonchev–Trinajstić information content (AvgIpc) is 2.73. The first-order chi connectivity index (χ1) is 14.9. The Morgan fingerprint density at radius 1 is 0.871 bits per heavy atom. The van der Waals surface area contributed by atoms with Crippen molar-refractivity contribution in [3.8, 4) is 11.5 Å². The van der Waals surface area contributed by atoms with Crippen molar-refractivity contribution in [3.63, 3.8) is 0 Å². The molecule has 0 aromatic heterocycles. The Balaban J connectivity index is 1.76. The first kappa shape index (κ1) is 22.7. The molecule has 0 atom stereocenters. The molecular weight excluding hydrogens is 435 g/mol. The van der Waals surface area contributed by atoms with Crippen LogP contribution < -0.4 is 9.47 Å². The second kappa shape index (κ2) is 10.4. The van der Waals surface area contributed by atoms with Crippen molar-refractivity contribution in [2.24, 2.45) is 0 Å². The molecule has 0 aliphatic heterocycles.